The van der Waals surface area contributed by atoms with Gasteiger partial charge in [0.05, 0.1) is 6.21 Å². The van der Waals surface area contributed by atoms with Gasteiger partial charge in [-0.2, -0.15) is 5.10 Å². The number of carbonyl (C=O) groups excluding carboxylic acids is 1. The monoisotopic (exact) mass is 668 g/mol. The van der Waals surface area contributed by atoms with E-state index in [0.29, 0.717) is 5.56 Å². The molecule has 0 saturated heterocycles. The van der Waals surface area contributed by atoms with Crippen LogP contribution in [0.25, 0.3) is 32.3 Å². The molecule has 9 rings (SSSR count). The molecule has 7 aromatic rings. The molecular weight excluding hydrogens is 629 g/mol. The van der Waals surface area contributed by atoms with Crippen LogP contribution in [0.2, 0.25) is 0 Å². The maximum Gasteiger partial charge on any atom is 0.275 e. The summed E-state index contributed by atoms with van der Waals surface area (Å²) < 4.78 is 6.86. The van der Waals surface area contributed by atoms with Crippen molar-refractivity contribution in [2.75, 3.05) is 36.0 Å². The number of carbonyl (C=O) groups is 1. The topological polar surface area (TPSA) is 48.4 Å². The van der Waals surface area contributed by atoms with Gasteiger partial charge in [0.15, 0.2) is 0 Å². The van der Waals surface area contributed by atoms with Crippen LogP contribution in [0.5, 0.6) is 11.5 Å². The molecule has 0 atom stereocenters. The molecule has 2 aliphatic rings. The van der Waals surface area contributed by atoms with E-state index in [4.69, 9.17) is 9.84 Å². The van der Waals surface area contributed by atoms with E-state index in [9.17, 15) is 4.79 Å². The molecule has 2 heterocycles. The minimum Gasteiger partial charge on any atom is -0.456 e. The number of hydrogen-bond donors (Lipinski definition) is 0. The van der Waals surface area contributed by atoms with Gasteiger partial charge in [-0.3, -0.25) is 4.79 Å². The second-order valence-corrected chi connectivity index (χ2v) is 13.4. The lowest BCUT2D eigenvalue weighted by molar-refractivity contribution is 0.0675. The van der Waals surface area contributed by atoms with E-state index in [-0.39, 0.29) is 5.91 Å². The van der Waals surface area contributed by atoms with Crippen molar-refractivity contribution in [1.82, 2.24) is 5.01 Å². The van der Waals surface area contributed by atoms with Crippen LogP contribution in [0.4, 0.5) is 11.4 Å². The lowest BCUT2D eigenvalue weighted by Gasteiger charge is -2.42. The average Bonchev–Trinajstić information content (AvgIpc) is 3.41. The number of hydrazone groups is 1. The average molecular weight is 669 g/mol. The molecule has 1 spiro atoms. The number of ether oxygens (including phenoxy) is 1. The summed E-state index contributed by atoms with van der Waals surface area (Å²) in [7, 11) is 0. The number of benzene rings is 7. The first-order valence-corrected chi connectivity index (χ1v) is 18.1. The van der Waals surface area contributed by atoms with Crippen molar-refractivity contribution in [2.24, 2.45) is 5.10 Å². The van der Waals surface area contributed by atoms with Crippen LogP contribution in [0.15, 0.2) is 120 Å². The second kappa shape index (κ2) is 11.9. The summed E-state index contributed by atoms with van der Waals surface area (Å²) in [5.74, 6) is 1.33. The van der Waals surface area contributed by atoms with Gasteiger partial charge in [-0.15, -0.1) is 0 Å². The molecule has 0 unspecified atom stereocenters. The third-order valence-corrected chi connectivity index (χ3v) is 11.1. The Morgan fingerprint density at radius 2 is 1.20 bits per heavy atom. The van der Waals surface area contributed by atoms with Gasteiger partial charge in [-0.05, 0) is 78.2 Å². The van der Waals surface area contributed by atoms with Crippen molar-refractivity contribution in [3.05, 3.63) is 143 Å². The number of amides is 1. The number of rotatable bonds is 8. The quantitative estimate of drug-likeness (QED) is 0.119. The Kier molecular flexibility index (Phi) is 7.25. The molecular formula is C45H40N4O2. The Bertz CT molecular complexity index is 2430. The number of hydrogen-bond acceptors (Lipinski definition) is 5. The first kappa shape index (κ1) is 31.1. The van der Waals surface area contributed by atoms with Crippen LogP contribution in [0.1, 0.15) is 60.3 Å². The molecule has 51 heavy (non-hydrogen) atoms. The van der Waals surface area contributed by atoms with E-state index in [2.05, 4.69) is 135 Å². The summed E-state index contributed by atoms with van der Waals surface area (Å²) in [6.07, 6.45) is 1.88. The van der Waals surface area contributed by atoms with Gasteiger partial charge in [0, 0.05) is 77.5 Å². The van der Waals surface area contributed by atoms with Crippen molar-refractivity contribution in [3.8, 4) is 11.5 Å². The van der Waals surface area contributed by atoms with E-state index < -0.39 is 5.54 Å². The van der Waals surface area contributed by atoms with Crippen molar-refractivity contribution >= 4 is 55.8 Å². The Hall–Kier alpha value is -5.88. The molecule has 6 heteroatoms. The number of fused-ring (bicyclic) bond motifs is 6. The highest BCUT2D eigenvalue weighted by Crippen LogP contribution is 2.58. The van der Waals surface area contributed by atoms with Crippen LogP contribution in [-0.4, -0.2) is 43.3 Å². The van der Waals surface area contributed by atoms with E-state index in [1.54, 1.807) is 5.01 Å². The molecule has 0 bridgehead atoms. The summed E-state index contributed by atoms with van der Waals surface area (Å²) in [4.78, 5) is 19.4. The SMILES string of the molecule is CCN(CC)c1ccc2c(c1)Oc1cc(N(CC)CC)ccc1C21c2ccccc2C(=O)N1/N=C/c1ccc2ccc3cccc4ccc1c2c34. The molecule has 252 valence electrons. The van der Waals surface area contributed by atoms with Gasteiger partial charge in [0.1, 0.15) is 17.0 Å². The highest BCUT2D eigenvalue weighted by Gasteiger charge is 2.57. The fraction of sp³-hybridized carbons (Fsp3) is 0.200. The normalized spacial score (nSPS) is 14.4. The van der Waals surface area contributed by atoms with Crippen LogP contribution in [-0.2, 0) is 5.54 Å². The van der Waals surface area contributed by atoms with Crippen LogP contribution in [0, 0.1) is 0 Å². The van der Waals surface area contributed by atoms with Crippen LogP contribution in [0.3, 0.4) is 0 Å². The molecule has 0 saturated carbocycles. The third kappa shape index (κ3) is 4.42. The molecule has 0 radical (unpaired) electrons. The van der Waals surface area contributed by atoms with Gasteiger partial charge < -0.3 is 14.5 Å². The van der Waals surface area contributed by atoms with E-state index in [0.717, 1.165) is 76.7 Å². The Labute approximate surface area is 298 Å². The summed E-state index contributed by atoms with van der Waals surface area (Å²) in [5, 5.41) is 14.1. The second-order valence-electron chi connectivity index (χ2n) is 13.4. The standard InChI is InChI=1S/C45H40N4O2/c1-5-47(6-2)33-21-24-38-40(26-33)51-41-27-34(48(7-3)8-4)22-25-39(41)45(38)37-15-10-9-14-36(37)44(50)49(45)46-28-32-19-18-31-17-16-29-12-11-13-30-20-23-35(32)43(31)42(29)30/h9-28H,5-8H2,1-4H3/b46-28+. The number of nitrogens with zero attached hydrogens (tertiary/aromatic N) is 4. The molecule has 0 aromatic heterocycles. The summed E-state index contributed by atoms with van der Waals surface area (Å²) in [6, 6.07) is 40.3. The van der Waals surface area contributed by atoms with Crippen LogP contribution >= 0.6 is 0 Å². The fourth-order valence-corrected chi connectivity index (χ4v) is 8.64. The van der Waals surface area contributed by atoms with Crippen LogP contribution < -0.4 is 14.5 Å². The van der Waals surface area contributed by atoms with E-state index in [1.165, 1.54) is 26.9 Å². The predicted octanol–water partition coefficient (Wildman–Crippen LogP) is 10.2. The zero-order valence-electron chi connectivity index (χ0n) is 29.5. The zero-order chi connectivity index (χ0) is 34.9. The first-order chi connectivity index (χ1) is 25.0. The molecule has 0 N–H and O–H groups in total. The van der Waals surface area contributed by atoms with Gasteiger partial charge in [0.25, 0.3) is 5.91 Å². The number of anilines is 2. The Morgan fingerprint density at radius 1 is 0.627 bits per heavy atom. The van der Waals surface area contributed by atoms with Gasteiger partial charge in [-0.1, -0.05) is 84.9 Å². The largest absolute Gasteiger partial charge is 0.456 e. The Morgan fingerprint density at radius 3 is 1.82 bits per heavy atom. The van der Waals surface area contributed by atoms with Gasteiger partial charge in [0.2, 0.25) is 0 Å². The lowest BCUT2D eigenvalue weighted by atomic mass is 9.75. The lowest BCUT2D eigenvalue weighted by Crippen LogP contribution is -2.44. The summed E-state index contributed by atoms with van der Waals surface area (Å²) >= 11 is 0. The van der Waals surface area contributed by atoms with Crippen molar-refractivity contribution in [2.45, 2.75) is 33.2 Å². The molecule has 0 aliphatic carbocycles. The Balaban J connectivity index is 1.29. The summed E-state index contributed by atoms with van der Waals surface area (Å²) in [5.41, 5.74) is 5.42. The first-order valence-electron chi connectivity index (χ1n) is 18.1. The third-order valence-electron chi connectivity index (χ3n) is 11.1. The van der Waals surface area contributed by atoms with Gasteiger partial charge >= 0.3 is 0 Å². The highest BCUT2D eigenvalue weighted by atomic mass is 16.5. The molecule has 6 nitrogen and oxygen atoms in total. The molecule has 0 fully saturated rings. The van der Waals surface area contributed by atoms with E-state index in [1.807, 2.05) is 24.4 Å². The minimum absolute atomic E-state index is 0.140. The molecule has 7 aromatic carbocycles. The highest BCUT2D eigenvalue weighted by molar-refractivity contribution is 6.25. The maximum absolute atomic E-state index is 14.7. The molecule has 1 amide bonds. The van der Waals surface area contributed by atoms with Crippen molar-refractivity contribution in [1.29, 1.82) is 0 Å². The molecule has 2 aliphatic heterocycles. The zero-order valence-corrected chi connectivity index (χ0v) is 29.5. The van der Waals surface area contributed by atoms with Crippen molar-refractivity contribution < 1.29 is 9.53 Å². The van der Waals surface area contributed by atoms with Crippen molar-refractivity contribution in [3.63, 3.8) is 0 Å². The predicted molar refractivity (Wildman–Crippen MR) is 210 cm³/mol. The van der Waals surface area contributed by atoms with Gasteiger partial charge in [-0.25, -0.2) is 5.01 Å². The smallest absolute Gasteiger partial charge is 0.275 e. The fourth-order valence-electron chi connectivity index (χ4n) is 8.64. The minimum atomic E-state index is -1.04. The van der Waals surface area contributed by atoms with E-state index >= 15 is 0 Å². The maximum atomic E-state index is 14.7. The summed E-state index contributed by atoms with van der Waals surface area (Å²) in [6.45, 7) is 12.2.